The highest BCUT2D eigenvalue weighted by Crippen LogP contribution is 2.65. The van der Waals surface area contributed by atoms with Crippen molar-refractivity contribution in [3.05, 3.63) is 58.8 Å². The van der Waals surface area contributed by atoms with Crippen molar-refractivity contribution in [2.75, 3.05) is 4.90 Å². The van der Waals surface area contributed by atoms with Gasteiger partial charge in [-0.3, -0.25) is 9.59 Å². The summed E-state index contributed by atoms with van der Waals surface area (Å²) in [5.41, 5.74) is 0.481. The quantitative estimate of drug-likeness (QED) is 0.348. The smallest absolute Gasteiger partial charge is 0.353 e. The van der Waals surface area contributed by atoms with Crippen LogP contribution in [-0.4, -0.2) is 17.8 Å². The molecule has 3 fully saturated rings. The number of thiophene rings is 1. The zero-order chi connectivity index (χ0) is 19.0. The lowest BCUT2D eigenvalue weighted by Crippen LogP contribution is -2.40. The van der Waals surface area contributed by atoms with Crippen LogP contribution in [0.3, 0.4) is 0 Å². The summed E-state index contributed by atoms with van der Waals surface area (Å²) in [6.07, 6.45) is 5.46. The molecule has 0 spiro atoms. The van der Waals surface area contributed by atoms with Crippen molar-refractivity contribution >= 4 is 34.8 Å². The van der Waals surface area contributed by atoms with E-state index in [0.717, 1.165) is 6.42 Å². The van der Waals surface area contributed by atoms with Gasteiger partial charge in [-0.1, -0.05) is 24.3 Å². The minimum atomic E-state index is -0.442. The van der Waals surface area contributed by atoms with Gasteiger partial charge in [0.25, 0.3) is 0 Å². The second-order valence-electron chi connectivity index (χ2n) is 8.03. The number of rotatable bonds is 3. The molecule has 2 amide bonds. The number of hydrogen-bond donors (Lipinski definition) is 0. The Morgan fingerprint density at radius 1 is 1.00 bits per heavy atom. The van der Waals surface area contributed by atoms with E-state index in [2.05, 4.69) is 12.2 Å². The molecule has 2 heterocycles. The number of ether oxygens (including phenoxy) is 1. The molecule has 1 saturated heterocycles. The van der Waals surface area contributed by atoms with Crippen LogP contribution in [0, 0.1) is 35.5 Å². The van der Waals surface area contributed by atoms with Crippen LogP contribution in [-0.2, 0) is 9.59 Å². The van der Waals surface area contributed by atoms with E-state index in [4.69, 9.17) is 4.74 Å². The number of esters is 1. The molecule has 5 nitrogen and oxygen atoms in total. The number of nitrogens with zero attached hydrogens (tertiary/aromatic N) is 1. The predicted octanol–water partition coefficient (Wildman–Crippen LogP) is 3.52. The molecule has 7 rings (SSSR count). The Morgan fingerprint density at radius 3 is 2.36 bits per heavy atom. The molecule has 0 N–H and O–H groups in total. The van der Waals surface area contributed by atoms with Crippen molar-refractivity contribution in [3.63, 3.8) is 0 Å². The fourth-order valence-electron chi connectivity index (χ4n) is 5.45. The molecule has 1 aliphatic heterocycles. The SMILES string of the molecule is O=C(Oc1cccc(N2C(=O)[C@@H]3[C@H]4C=C[C@@H]([C@@H]5C[C@@H]45)[C@H]3C2=O)c1)c1cccs1. The summed E-state index contributed by atoms with van der Waals surface area (Å²) in [6.45, 7) is 0. The van der Waals surface area contributed by atoms with Gasteiger partial charge in [0.15, 0.2) is 0 Å². The molecule has 1 aromatic carbocycles. The fourth-order valence-corrected chi connectivity index (χ4v) is 6.05. The second kappa shape index (κ2) is 5.64. The zero-order valence-electron chi connectivity index (χ0n) is 14.9. The first-order chi connectivity index (χ1) is 13.6. The molecule has 0 radical (unpaired) electrons. The van der Waals surface area contributed by atoms with Gasteiger partial charge in [-0.2, -0.15) is 0 Å². The Kier molecular flexibility index (Phi) is 3.27. The lowest BCUT2D eigenvalue weighted by molar-refractivity contribution is -0.124. The highest BCUT2D eigenvalue weighted by atomic mass is 32.1. The van der Waals surface area contributed by atoms with Gasteiger partial charge in [0, 0.05) is 6.07 Å². The molecule has 2 saturated carbocycles. The fraction of sp³-hybridized carbons (Fsp3) is 0.318. The first kappa shape index (κ1) is 16.2. The molecule has 2 aromatic rings. The molecule has 2 bridgehead atoms. The van der Waals surface area contributed by atoms with E-state index in [1.165, 1.54) is 16.2 Å². The van der Waals surface area contributed by atoms with E-state index in [-0.39, 0.29) is 35.5 Å². The molecule has 28 heavy (non-hydrogen) atoms. The Labute approximate surface area is 165 Å². The van der Waals surface area contributed by atoms with E-state index in [1.807, 2.05) is 5.38 Å². The average Bonchev–Trinajstić information content (AvgIpc) is 3.26. The number of imide groups is 1. The van der Waals surface area contributed by atoms with Crippen molar-refractivity contribution in [2.45, 2.75) is 6.42 Å². The Bertz CT molecular complexity index is 1010. The molecule has 140 valence electrons. The van der Waals surface area contributed by atoms with Crippen LogP contribution in [0.15, 0.2) is 53.9 Å². The summed E-state index contributed by atoms with van der Waals surface area (Å²) in [5, 5.41) is 1.81. The summed E-state index contributed by atoms with van der Waals surface area (Å²) in [7, 11) is 0. The van der Waals surface area contributed by atoms with E-state index >= 15 is 0 Å². The first-order valence-corrected chi connectivity index (χ1v) is 10.4. The van der Waals surface area contributed by atoms with Crippen LogP contribution in [0.5, 0.6) is 5.75 Å². The minimum Gasteiger partial charge on any atom is -0.422 e. The number of anilines is 1. The standard InChI is InChI=1S/C22H17NO4S/c24-20-18-13-6-7-14(16-10-15(13)16)19(18)21(25)23(20)11-3-1-4-12(9-11)27-22(26)17-5-2-8-28-17/h1-9,13-16,18-19H,10H2/t13-,14-,15-,16-,18+,19+/m0/s1. The van der Waals surface area contributed by atoms with Gasteiger partial charge < -0.3 is 4.74 Å². The van der Waals surface area contributed by atoms with Crippen LogP contribution in [0.1, 0.15) is 16.1 Å². The largest absolute Gasteiger partial charge is 0.422 e. The summed E-state index contributed by atoms with van der Waals surface area (Å²) in [5.74, 6) is 0.743. The van der Waals surface area contributed by atoms with Gasteiger partial charge in [-0.15, -0.1) is 11.3 Å². The lowest BCUT2D eigenvalue weighted by Gasteiger charge is -2.37. The normalized spacial score (nSPS) is 34.4. The van der Waals surface area contributed by atoms with E-state index < -0.39 is 5.97 Å². The number of benzene rings is 1. The summed E-state index contributed by atoms with van der Waals surface area (Å²) in [4.78, 5) is 40.4. The van der Waals surface area contributed by atoms with Crippen molar-refractivity contribution in [3.8, 4) is 5.75 Å². The second-order valence-corrected chi connectivity index (χ2v) is 8.98. The lowest BCUT2D eigenvalue weighted by atomic mass is 9.63. The van der Waals surface area contributed by atoms with Crippen molar-refractivity contribution in [1.82, 2.24) is 0 Å². The molecule has 6 atom stereocenters. The van der Waals surface area contributed by atoms with Crippen LogP contribution in [0.2, 0.25) is 0 Å². The topological polar surface area (TPSA) is 63.7 Å². The maximum Gasteiger partial charge on any atom is 0.353 e. The van der Waals surface area contributed by atoms with Gasteiger partial charge in [0.1, 0.15) is 10.6 Å². The predicted molar refractivity (Wildman–Crippen MR) is 103 cm³/mol. The van der Waals surface area contributed by atoms with Gasteiger partial charge in [0.05, 0.1) is 17.5 Å². The first-order valence-electron chi connectivity index (χ1n) is 9.55. The molecule has 1 aromatic heterocycles. The van der Waals surface area contributed by atoms with E-state index in [9.17, 15) is 14.4 Å². The number of hydrogen-bond acceptors (Lipinski definition) is 5. The third-order valence-electron chi connectivity index (χ3n) is 6.67. The molecule has 6 heteroatoms. The van der Waals surface area contributed by atoms with Crippen LogP contribution >= 0.6 is 11.3 Å². The maximum absolute atomic E-state index is 13.2. The third kappa shape index (κ3) is 2.15. The van der Waals surface area contributed by atoms with Gasteiger partial charge in [-0.05, 0) is 53.7 Å². The van der Waals surface area contributed by atoms with Crippen LogP contribution < -0.4 is 9.64 Å². The Balaban J connectivity index is 1.30. The Morgan fingerprint density at radius 2 is 1.71 bits per heavy atom. The summed E-state index contributed by atoms with van der Waals surface area (Å²) in [6, 6.07) is 10.2. The summed E-state index contributed by atoms with van der Waals surface area (Å²) < 4.78 is 5.44. The molecule has 4 aliphatic carbocycles. The van der Waals surface area contributed by atoms with E-state index in [0.29, 0.717) is 28.1 Å². The number of amides is 2. The van der Waals surface area contributed by atoms with E-state index in [1.54, 1.807) is 36.4 Å². The van der Waals surface area contributed by atoms with Crippen molar-refractivity contribution in [1.29, 1.82) is 0 Å². The van der Waals surface area contributed by atoms with Gasteiger partial charge >= 0.3 is 5.97 Å². The molecule has 5 aliphatic rings. The average molecular weight is 391 g/mol. The van der Waals surface area contributed by atoms with Gasteiger partial charge in [0.2, 0.25) is 11.8 Å². The molecular formula is C22H17NO4S. The highest BCUT2D eigenvalue weighted by Gasteiger charge is 2.67. The third-order valence-corrected chi connectivity index (χ3v) is 7.52. The highest BCUT2D eigenvalue weighted by molar-refractivity contribution is 7.12. The van der Waals surface area contributed by atoms with Gasteiger partial charge in [-0.25, -0.2) is 9.69 Å². The number of allylic oxidation sites excluding steroid dienone is 2. The number of carbonyl (C=O) groups is 3. The summed E-state index contributed by atoms with van der Waals surface area (Å²) >= 11 is 1.31. The van der Waals surface area contributed by atoms with Crippen LogP contribution in [0.25, 0.3) is 0 Å². The van der Waals surface area contributed by atoms with Crippen LogP contribution in [0.4, 0.5) is 5.69 Å². The molecule has 0 unspecified atom stereocenters. The van der Waals surface area contributed by atoms with Crippen molar-refractivity contribution in [2.24, 2.45) is 35.5 Å². The zero-order valence-corrected chi connectivity index (χ0v) is 15.7. The number of carbonyl (C=O) groups excluding carboxylic acids is 3. The maximum atomic E-state index is 13.2. The Hall–Kier alpha value is -2.73. The monoisotopic (exact) mass is 391 g/mol. The minimum absolute atomic E-state index is 0.110. The molecular weight excluding hydrogens is 374 g/mol. The van der Waals surface area contributed by atoms with Crippen molar-refractivity contribution < 1.29 is 19.1 Å².